The lowest BCUT2D eigenvalue weighted by molar-refractivity contribution is -0.150. The van der Waals surface area contributed by atoms with E-state index in [9.17, 15) is 24.3 Å². The van der Waals surface area contributed by atoms with Gasteiger partial charge in [-0.3, -0.25) is 19.3 Å². The number of nitrogens with one attached hydrogen (secondary N) is 1. The monoisotopic (exact) mass is 444 g/mol. The van der Waals surface area contributed by atoms with Crippen LogP contribution in [0.25, 0.3) is 5.57 Å². The topological polar surface area (TPSA) is 163 Å². The van der Waals surface area contributed by atoms with Gasteiger partial charge in [0.05, 0.1) is 22.7 Å². The Hall–Kier alpha value is -2.57. The molecule has 3 rings (SSSR count). The number of halogens is 1. The molecule has 2 atom stereocenters. The molecule has 5 N–H and O–H groups in total. The lowest BCUT2D eigenvalue weighted by Crippen LogP contribution is -2.70. The quantitative estimate of drug-likeness (QED) is 0.361. The summed E-state index contributed by atoms with van der Waals surface area (Å²) in [7, 11) is 0. The van der Waals surface area contributed by atoms with Gasteiger partial charge in [-0.2, -0.15) is 0 Å². The van der Waals surface area contributed by atoms with Crippen LogP contribution in [0.2, 0.25) is 0 Å². The molecule has 28 heavy (non-hydrogen) atoms. The lowest BCUT2D eigenvalue weighted by Gasteiger charge is -2.48. The zero-order valence-corrected chi connectivity index (χ0v) is 16.3. The average Bonchev–Trinajstić information content (AvgIpc) is 3.05. The van der Waals surface area contributed by atoms with Crippen molar-refractivity contribution in [2.45, 2.75) is 17.8 Å². The molecule has 0 aliphatic carbocycles. The minimum absolute atomic E-state index is 0.0329. The van der Waals surface area contributed by atoms with Gasteiger partial charge in [-0.15, -0.1) is 23.1 Å². The van der Waals surface area contributed by atoms with Crippen molar-refractivity contribution in [3.8, 4) is 0 Å². The summed E-state index contributed by atoms with van der Waals surface area (Å²) >= 11 is 8.20. The molecule has 0 saturated carbocycles. The van der Waals surface area contributed by atoms with E-state index < -0.39 is 41.6 Å². The van der Waals surface area contributed by atoms with Crippen LogP contribution in [-0.4, -0.2) is 61.0 Å². The van der Waals surface area contributed by atoms with E-state index in [1.807, 2.05) is 0 Å². The largest absolute Gasteiger partial charge is 0.481 e. The van der Waals surface area contributed by atoms with Gasteiger partial charge in [0.1, 0.15) is 17.1 Å². The first-order valence-corrected chi connectivity index (χ1v) is 10.0. The van der Waals surface area contributed by atoms with Crippen LogP contribution < -0.4 is 11.1 Å². The second kappa shape index (κ2) is 7.81. The number of carboxylic acids is 2. The molecule has 2 aliphatic rings. The fourth-order valence-electron chi connectivity index (χ4n) is 2.72. The number of carboxylic acid groups (broad SMARTS) is 2. The number of amides is 2. The second-order valence-electron chi connectivity index (χ2n) is 5.71. The molecule has 1 fully saturated rings. The van der Waals surface area contributed by atoms with Gasteiger partial charge in [0.2, 0.25) is 0 Å². The standard InChI is InChI=1S/C15H13ClN4O6S2/c16-6-3-27-13-9(12(24)20(13)10(6)14(25)26)19-11(23)5(1-2-8(21)22)7-4-28-15(17)18-7/h1,4,9,13H,2-3H2,(H2,17,18)(H,19,23)(H,21,22)(H,25,26)/b5-1+/t9-,13-/m1/s1. The van der Waals surface area contributed by atoms with Crippen LogP contribution in [0.1, 0.15) is 12.1 Å². The summed E-state index contributed by atoms with van der Waals surface area (Å²) in [6.45, 7) is 0. The van der Waals surface area contributed by atoms with Crippen LogP contribution >= 0.6 is 34.7 Å². The Bertz CT molecular complexity index is 943. The number of carbonyl (C=O) groups is 4. The Morgan fingerprint density at radius 2 is 2.14 bits per heavy atom. The first-order valence-electron chi connectivity index (χ1n) is 7.71. The summed E-state index contributed by atoms with van der Waals surface area (Å²) in [6.07, 6.45) is 0.755. The predicted molar refractivity (Wildman–Crippen MR) is 102 cm³/mol. The minimum Gasteiger partial charge on any atom is -0.481 e. The number of aromatic nitrogens is 1. The predicted octanol–water partition coefficient (Wildman–Crippen LogP) is 0.518. The zero-order valence-electron chi connectivity index (χ0n) is 13.9. The number of fused-ring (bicyclic) bond motifs is 1. The summed E-state index contributed by atoms with van der Waals surface area (Å²) in [6, 6.07) is -0.971. The Labute approximate surface area is 171 Å². The number of hydrogen-bond acceptors (Lipinski definition) is 8. The number of nitrogen functional groups attached to an aromatic ring is 1. The van der Waals surface area contributed by atoms with Gasteiger partial charge in [-0.05, 0) is 0 Å². The summed E-state index contributed by atoms with van der Waals surface area (Å²) in [5.41, 5.74) is 5.43. The molecular formula is C15H13ClN4O6S2. The number of rotatable bonds is 6. The Morgan fingerprint density at radius 3 is 2.71 bits per heavy atom. The molecule has 0 radical (unpaired) electrons. The second-order valence-corrected chi connectivity index (χ2v) is 8.16. The smallest absolute Gasteiger partial charge is 0.353 e. The molecule has 1 aromatic rings. The van der Waals surface area contributed by atoms with Crippen molar-refractivity contribution in [2.75, 3.05) is 11.5 Å². The van der Waals surface area contributed by atoms with Crippen molar-refractivity contribution in [1.29, 1.82) is 0 Å². The molecule has 1 saturated heterocycles. The molecule has 2 amide bonds. The number of β-lactam (4-membered cyclic amide) rings is 1. The number of hydrogen-bond donors (Lipinski definition) is 4. The zero-order chi connectivity index (χ0) is 20.6. The maximum atomic E-state index is 12.7. The molecular weight excluding hydrogens is 432 g/mol. The average molecular weight is 445 g/mol. The van der Waals surface area contributed by atoms with Crippen LogP contribution in [0.4, 0.5) is 5.13 Å². The Morgan fingerprint density at radius 1 is 1.43 bits per heavy atom. The van der Waals surface area contributed by atoms with E-state index in [0.717, 1.165) is 16.2 Å². The van der Waals surface area contributed by atoms with Crippen molar-refractivity contribution in [3.05, 3.63) is 27.9 Å². The van der Waals surface area contributed by atoms with Crippen LogP contribution in [0.5, 0.6) is 0 Å². The lowest BCUT2D eigenvalue weighted by atomic mass is 10.0. The summed E-state index contributed by atoms with van der Waals surface area (Å²) in [5, 5.41) is 21.8. The van der Waals surface area contributed by atoms with Crippen LogP contribution in [0.3, 0.4) is 0 Å². The first-order chi connectivity index (χ1) is 13.2. The maximum Gasteiger partial charge on any atom is 0.353 e. The molecule has 3 heterocycles. The van der Waals surface area contributed by atoms with Crippen LogP contribution in [0.15, 0.2) is 22.2 Å². The number of anilines is 1. The summed E-state index contributed by atoms with van der Waals surface area (Å²) in [5.74, 6) is -3.60. The molecule has 0 spiro atoms. The van der Waals surface area contributed by atoms with Gasteiger partial charge < -0.3 is 21.3 Å². The van der Waals surface area contributed by atoms with Crippen molar-refractivity contribution >= 4 is 69.2 Å². The van der Waals surface area contributed by atoms with E-state index in [1.54, 1.807) is 0 Å². The van der Waals surface area contributed by atoms with E-state index in [-0.39, 0.29) is 32.9 Å². The number of thiazole rings is 1. The van der Waals surface area contributed by atoms with E-state index in [4.69, 9.17) is 22.4 Å². The molecule has 1 aromatic heterocycles. The third kappa shape index (κ3) is 3.70. The number of carbonyl (C=O) groups excluding carboxylic acids is 2. The van der Waals surface area contributed by atoms with Gasteiger partial charge in [0.25, 0.3) is 11.8 Å². The molecule has 148 valence electrons. The van der Waals surface area contributed by atoms with Gasteiger partial charge in [0.15, 0.2) is 5.13 Å². The SMILES string of the molecule is Nc1nc(/C(=C\CC(=O)O)C(=O)N[C@@H]2C(=O)N3C(C(=O)O)=C(Cl)CS[C@H]23)cs1. The fraction of sp³-hybridized carbons (Fsp3) is 0.267. The fourth-order valence-corrected chi connectivity index (χ4v) is 4.83. The normalized spacial score (nSPS) is 21.8. The van der Waals surface area contributed by atoms with Crippen molar-refractivity contribution < 1.29 is 29.4 Å². The number of aliphatic carboxylic acids is 2. The third-order valence-corrected chi connectivity index (χ3v) is 6.36. The van der Waals surface area contributed by atoms with Gasteiger partial charge in [-0.25, -0.2) is 9.78 Å². The minimum atomic E-state index is -1.33. The van der Waals surface area contributed by atoms with Crippen molar-refractivity contribution in [3.63, 3.8) is 0 Å². The van der Waals surface area contributed by atoms with Crippen molar-refractivity contribution in [1.82, 2.24) is 15.2 Å². The molecule has 2 aliphatic heterocycles. The molecule has 0 unspecified atom stereocenters. The van der Waals surface area contributed by atoms with Gasteiger partial charge >= 0.3 is 11.9 Å². The van der Waals surface area contributed by atoms with E-state index >= 15 is 0 Å². The highest BCUT2D eigenvalue weighted by Crippen LogP contribution is 2.41. The highest BCUT2D eigenvalue weighted by Gasteiger charge is 2.54. The van der Waals surface area contributed by atoms with Crippen LogP contribution in [-0.2, 0) is 19.2 Å². The van der Waals surface area contributed by atoms with Crippen LogP contribution in [0, 0.1) is 0 Å². The number of thioether (sulfide) groups is 1. The molecule has 0 bridgehead atoms. The van der Waals surface area contributed by atoms with E-state index in [0.29, 0.717) is 0 Å². The van der Waals surface area contributed by atoms with E-state index in [1.165, 1.54) is 23.2 Å². The Kier molecular flexibility index (Phi) is 5.63. The highest BCUT2D eigenvalue weighted by atomic mass is 35.5. The molecule has 10 nitrogen and oxygen atoms in total. The third-order valence-electron chi connectivity index (χ3n) is 3.93. The summed E-state index contributed by atoms with van der Waals surface area (Å²) < 4.78 is 0. The first kappa shape index (κ1) is 20.2. The summed E-state index contributed by atoms with van der Waals surface area (Å²) in [4.78, 5) is 52.3. The number of nitrogens with two attached hydrogens (primary N) is 1. The van der Waals surface area contributed by atoms with Crippen molar-refractivity contribution in [2.24, 2.45) is 0 Å². The maximum absolute atomic E-state index is 12.7. The number of nitrogens with zero attached hydrogens (tertiary/aromatic N) is 2. The van der Waals surface area contributed by atoms with E-state index in [2.05, 4.69) is 10.3 Å². The van der Waals surface area contributed by atoms with Gasteiger partial charge in [-0.1, -0.05) is 17.7 Å². The highest BCUT2D eigenvalue weighted by molar-refractivity contribution is 8.00. The van der Waals surface area contributed by atoms with Gasteiger partial charge in [0, 0.05) is 11.1 Å². The Balaban J connectivity index is 1.80. The molecule has 0 aromatic carbocycles. The molecule has 13 heteroatoms.